The van der Waals surface area contributed by atoms with E-state index in [2.05, 4.69) is 318 Å². The van der Waals surface area contributed by atoms with Crippen molar-refractivity contribution in [1.29, 1.82) is 0 Å². The van der Waals surface area contributed by atoms with E-state index in [9.17, 15) is 0 Å². The van der Waals surface area contributed by atoms with Gasteiger partial charge in [-0.25, -0.2) is 19.9 Å². The fourth-order valence-electron chi connectivity index (χ4n) is 17.5. The zero-order chi connectivity index (χ0) is 79.5. The molecule has 0 atom stereocenters. The highest BCUT2D eigenvalue weighted by molar-refractivity contribution is 6.62. The number of aromatic nitrogens is 8. The van der Waals surface area contributed by atoms with Gasteiger partial charge in [0.05, 0.1) is 109 Å². The Morgan fingerprint density at radius 2 is 0.610 bits per heavy atom. The highest BCUT2D eigenvalue weighted by Crippen LogP contribution is 2.46. The molecule has 0 unspecified atom stereocenters. The summed E-state index contributed by atoms with van der Waals surface area (Å²) in [6, 6.07) is 123. The van der Waals surface area contributed by atoms with Crippen molar-refractivity contribution in [3.8, 4) is 68.0 Å². The number of para-hydroxylation sites is 8. The van der Waals surface area contributed by atoms with E-state index in [1.54, 1.807) is 20.3 Å². The van der Waals surface area contributed by atoms with Gasteiger partial charge in [-0.2, -0.15) is 0 Å². The average molecular weight is 1550 g/mol. The third-order valence-electron chi connectivity index (χ3n) is 23.8. The van der Waals surface area contributed by atoms with Crippen LogP contribution in [-0.2, 0) is 9.31 Å². The van der Waals surface area contributed by atoms with E-state index in [4.69, 9.17) is 45.3 Å². The average Bonchev–Trinajstić information content (AvgIpc) is 1.55. The van der Waals surface area contributed by atoms with Crippen LogP contribution in [0.3, 0.4) is 0 Å². The molecule has 14 heteroatoms. The molecule has 23 rings (SSSR count). The summed E-state index contributed by atoms with van der Waals surface area (Å²) in [6.07, 6.45) is 0. The van der Waals surface area contributed by atoms with Gasteiger partial charge in [0.15, 0.2) is 0 Å². The van der Waals surface area contributed by atoms with E-state index in [1.807, 2.05) is 78.9 Å². The minimum absolute atomic E-state index is 0.400. The predicted molar refractivity (Wildman–Crippen MR) is 488 cm³/mol. The van der Waals surface area contributed by atoms with E-state index >= 15 is 0 Å². The molecule has 0 bridgehead atoms. The summed E-state index contributed by atoms with van der Waals surface area (Å²) in [5.41, 5.74) is 23.1. The molecule has 0 spiro atoms. The third kappa shape index (κ3) is 11.9. The van der Waals surface area contributed by atoms with Crippen molar-refractivity contribution in [1.82, 2.24) is 38.2 Å². The Bertz CT molecular complexity index is 7770. The number of rotatable bonds is 10. The van der Waals surface area contributed by atoms with Crippen LogP contribution in [-0.4, -0.2) is 70.7 Å². The van der Waals surface area contributed by atoms with Crippen LogP contribution in [0.25, 0.3) is 187 Å². The number of ether oxygens (including phenoxy) is 2. The minimum Gasteiger partial charge on any atom is -0.496 e. The lowest BCUT2D eigenvalue weighted by Crippen LogP contribution is -2.41. The first-order valence-corrected chi connectivity index (χ1v) is 40.1. The molecule has 14 aromatic carbocycles. The lowest BCUT2D eigenvalue weighted by molar-refractivity contribution is 0.00578. The van der Waals surface area contributed by atoms with Crippen LogP contribution in [0.5, 0.6) is 11.5 Å². The largest absolute Gasteiger partial charge is 0.496 e. The molecular formula is C104H76BClN8O4. The van der Waals surface area contributed by atoms with Gasteiger partial charge in [-0.05, 0) is 161 Å². The lowest BCUT2D eigenvalue weighted by Gasteiger charge is -2.32. The quantitative estimate of drug-likeness (QED) is 0.0757. The van der Waals surface area contributed by atoms with Crippen LogP contribution < -0.4 is 14.9 Å². The SMILES string of the molecule is CC1(C)OB(c2cccc(-n3c4ccccc4c4ccc5c6ccccc6n(-c6ccccc6)c5c43)c2)OC1(C)C.COc1ccccc1-c1ccc2ccc3ccc(-c4cccc(-n5c6ccccc6c6ccc7c8ccccc8n(-c8ccccc8)c7c65)c4)nc3c2n1.COc1ccccc1-c1ccc2ccc3ccc(Cl)nc3c2n1. The van der Waals surface area contributed by atoms with Crippen LogP contribution >= 0.6 is 11.6 Å². The van der Waals surface area contributed by atoms with Gasteiger partial charge in [0.1, 0.15) is 16.7 Å². The molecule has 0 saturated carbocycles. The molecule has 0 N–H and O–H groups in total. The summed E-state index contributed by atoms with van der Waals surface area (Å²) in [4.78, 5) is 19.8. The van der Waals surface area contributed by atoms with E-state index < -0.39 is 18.3 Å². The summed E-state index contributed by atoms with van der Waals surface area (Å²) in [5, 5.41) is 14.5. The molecule has 1 aliphatic heterocycles. The van der Waals surface area contributed by atoms with Gasteiger partial charge in [-0.1, -0.05) is 236 Å². The Balaban J connectivity index is 0.000000119. The fraction of sp³-hybridized carbons (Fsp3) is 0.0769. The maximum absolute atomic E-state index is 6.45. The normalized spacial score (nSPS) is 13.3. The third-order valence-corrected chi connectivity index (χ3v) is 24.0. The molecule has 0 radical (unpaired) electrons. The molecular weight excluding hydrogens is 1470 g/mol. The van der Waals surface area contributed by atoms with E-state index in [-0.39, 0.29) is 0 Å². The number of methoxy groups -OCH3 is 2. The second-order valence-electron chi connectivity index (χ2n) is 31.1. The molecule has 566 valence electrons. The van der Waals surface area contributed by atoms with Crippen molar-refractivity contribution in [2.75, 3.05) is 14.2 Å². The molecule has 9 heterocycles. The maximum Gasteiger partial charge on any atom is 0.494 e. The molecule has 8 aromatic heterocycles. The van der Waals surface area contributed by atoms with Gasteiger partial charge in [-0.3, -0.25) is 0 Å². The first kappa shape index (κ1) is 71.6. The first-order chi connectivity index (χ1) is 57.8. The van der Waals surface area contributed by atoms with Crippen LogP contribution in [0.15, 0.2) is 352 Å². The van der Waals surface area contributed by atoms with E-state index in [1.165, 1.54) is 81.7 Å². The Morgan fingerprint density at radius 3 is 1.03 bits per heavy atom. The van der Waals surface area contributed by atoms with E-state index in [0.717, 1.165) is 123 Å². The number of nitrogens with zero attached hydrogens (tertiary/aromatic N) is 8. The molecule has 1 saturated heterocycles. The van der Waals surface area contributed by atoms with Gasteiger partial charge in [0, 0.05) is 104 Å². The lowest BCUT2D eigenvalue weighted by atomic mass is 9.79. The van der Waals surface area contributed by atoms with Gasteiger partial charge in [-0.15, -0.1) is 0 Å². The van der Waals surface area contributed by atoms with Gasteiger partial charge >= 0.3 is 7.12 Å². The standard InChI is InChI=1S/C49H32N4O.C36H31BN2O2.C19H13ClN2O/c1-54-45-21-10-7-18-40(45)42-29-25-32-23-22-31-24-28-41(50-46(31)47(32)51-42)33-12-11-15-35(30-33)53-44-20-9-6-17-37(44)39-27-26-38-36-16-5-8-19-43(36)52(48(38)49(39)53)34-13-3-2-4-14-34;1-35(2)36(3,4)41-37(40-35)24-13-12-16-26(23-24)39-32-20-11-9-18-28(32)30-22-21-29-27-17-8-10-19-31(27)38(33(29)34(30)39)25-14-6-5-7-15-25;1-23-16-5-3-2-4-14(16)15-10-8-12-6-7-13-9-11-17(20)22-19(13)18(12)21-15/h2-30H,1H3;5-23H,1-4H3;2-11H,1H3. The Labute approximate surface area is 685 Å². The van der Waals surface area contributed by atoms with E-state index in [0.29, 0.717) is 5.15 Å². The maximum atomic E-state index is 6.45. The highest BCUT2D eigenvalue weighted by Gasteiger charge is 2.52. The number of fused-ring (bicyclic) bond motifs is 20. The monoisotopic (exact) mass is 1550 g/mol. The Morgan fingerprint density at radius 1 is 0.288 bits per heavy atom. The molecule has 1 aliphatic rings. The van der Waals surface area contributed by atoms with Crippen molar-refractivity contribution >= 4 is 155 Å². The Hall–Kier alpha value is -14.2. The van der Waals surface area contributed by atoms with Crippen molar-refractivity contribution in [2.24, 2.45) is 0 Å². The molecule has 12 nitrogen and oxygen atoms in total. The topological polar surface area (TPSA) is 108 Å². The highest BCUT2D eigenvalue weighted by atomic mass is 35.5. The van der Waals surface area contributed by atoms with Crippen molar-refractivity contribution < 1.29 is 18.8 Å². The summed E-state index contributed by atoms with van der Waals surface area (Å²) in [7, 11) is 2.93. The zero-order valence-corrected chi connectivity index (χ0v) is 66.4. The molecule has 0 amide bonds. The van der Waals surface area contributed by atoms with Crippen molar-refractivity contribution in [3.05, 3.63) is 357 Å². The number of pyridine rings is 4. The van der Waals surface area contributed by atoms with Crippen molar-refractivity contribution in [2.45, 2.75) is 38.9 Å². The van der Waals surface area contributed by atoms with Crippen LogP contribution in [0.4, 0.5) is 0 Å². The number of halogens is 1. The molecule has 0 aliphatic carbocycles. The van der Waals surface area contributed by atoms with Crippen LogP contribution in [0.1, 0.15) is 27.7 Å². The van der Waals surface area contributed by atoms with Crippen LogP contribution in [0, 0.1) is 0 Å². The number of hydrogen-bond acceptors (Lipinski definition) is 8. The van der Waals surface area contributed by atoms with Crippen molar-refractivity contribution in [3.63, 3.8) is 0 Å². The fourth-order valence-corrected chi connectivity index (χ4v) is 17.7. The second-order valence-corrected chi connectivity index (χ2v) is 31.5. The molecule has 118 heavy (non-hydrogen) atoms. The summed E-state index contributed by atoms with van der Waals surface area (Å²) in [5.74, 6) is 1.59. The smallest absolute Gasteiger partial charge is 0.494 e. The molecule has 22 aromatic rings. The zero-order valence-electron chi connectivity index (χ0n) is 65.7. The Kier molecular flexibility index (Phi) is 17.4. The minimum atomic E-state index is -0.427. The summed E-state index contributed by atoms with van der Waals surface area (Å²) in [6.45, 7) is 8.40. The van der Waals surface area contributed by atoms with Crippen LogP contribution in [0.2, 0.25) is 5.15 Å². The first-order valence-electron chi connectivity index (χ1n) is 39.8. The number of hydrogen-bond donors (Lipinski definition) is 0. The van der Waals surface area contributed by atoms with Gasteiger partial charge < -0.3 is 37.1 Å². The second kappa shape index (κ2) is 28.7. The van der Waals surface area contributed by atoms with Gasteiger partial charge in [0.2, 0.25) is 0 Å². The molecule has 1 fully saturated rings. The number of benzene rings is 14. The summed E-state index contributed by atoms with van der Waals surface area (Å²) >= 11 is 6.06. The van der Waals surface area contributed by atoms with Gasteiger partial charge in [0.25, 0.3) is 0 Å². The predicted octanol–water partition coefficient (Wildman–Crippen LogP) is 25.6. The summed E-state index contributed by atoms with van der Waals surface area (Å²) < 4.78 is 33.7.